The maximum absolute atomic E-state index is 13.5. The fourth-order valence-corrected chi connectivity index (χ4v) is 2.11. The molecular formula is C16H16FNO2. The van der Waals surface area contributed by atoms with Crippen molar-refractivity contribution in [2.24, 2.45) is 0 Å². The molecule has 0 aliphatic rings. The van der Waals surface area contributed by atoms with Crippen LogP contribution in [-0.4, -0.2) is 17.6 Å². The number of carboxylic acids is 1. The summed E-state index contributed by atoms with van der Waals surface area (Å²) in [5.74, 6) is -1.64. The Balaban J connectivity index is 2.26. The number of carboxylic acid groups (broad SMARTS) is 1. The Hall–Kier alpha value is -2.36. The zero-order valence-electron chi connectivity index (χ0n) is 11.2. The highest BCUT2D eigenvalue weighted by Gasteiger charge is 2.10. The van der Waals surface area contributed by atoms with Crippen molar-refractivity contribution in [3.05, 3.63) is 65.5 Å². The third kappa shape index (κ3) is 3.35. The van der Waals surface area contributed by atoms with Gasteiger partial charge in [0.05, 0.1) is 5.56 Å². The number of halogens is 1. The summed E-state index contributed by atoms with van der Waals surface area (Å²) in [6, 6.07) is 13.7. The molecule has 0 amide bonds. The fourth-order valence-electron chi connectivity index (χ4n) is 2.11. The molecule has 0 heterocycles. The number of rotatable bonds is 5. The Bertz CT molecular complexity index is 599. The predicted octanol–water partition coefficient (Wildman–Crippen LogP) is 3.55. The maximum Gasteiger partial charge on any atom is 0.335 e. The highest BCUT2D eigenvalue weighted by molar-refractivity contribution is 5.87. The van der Waals surface area contributed by atoms with E-state index in [0.29, 0.717) is 12.1 Å². The molecule has 0 saturated carbocycles. The summed E-state index contributed by atoms with van der Waals surface area (Å²) in [4.78, 5) is 13.0. The van der Waals surface area contributed by atoms with Gasteiger partial charge < -0.3 is 10.0 Å². The van der Waals surface area contributed by atoms with Gasteiger partial charge in [-0.3, -0.25) is 0 Å². The fraction of sp³-hybridized carbons (Fsp3) is 0.188. The molecule has 0 spiro atoms. The highest BCUT2D eigenvalue weighted by Crippen LogP contribution is 2.18. The van der Waals surface area contributed by atoms with Crippen LogP contribution >= 0.6 is 0 Å². The van der Waals surface area contributed by atoms with Gasteiger partial charge in [-0.05, 0) is 42.8 Å². The number of para-hydroxylation sites is 1. The first-order chi connectivity index (χ1) is 9.60. The first kappa shape index (κ1) is 14.1. The molecule has 0 aromatic heterocycles. The van der Waals surface area contributed by atoms with Crippen molar-refractivity contribution in [3.63, 3.8) is 0 Å². The van der Waals surface area contributed by atoms with Gasteiger partial charge in [0, 0.05) is 18.8 Å². The number of hydrogen-bond donors (Lipinski definition) is 1. The van der Waals surface area contributed by atoms with Crippen LogP contribution in [0.3, 0.4) is 0 Å². The quantitative estimate of drug-likeness (QED) is 0.905. The molecule has 2 aromatic rings. The minimum Gasteiger partial charge on any atom is -0.478 e. The molecule has 0 aliphatic carbocycles. The second-order valence-electron chi connectivity index (χ2n) is 4.50. The minimum atomic E-state index is -1.12. The molecular weight excluding hydrogens is 257 g/mol. The SMILES string of the molecule is CCN(Cc1cc(F)cc(C(=O)O)c1)c1ccccc1. The summed E-state index contributed by atoms with van der Waals surface area (Å²) in [5.41, 5.74) is 1.65. The minimum absolute atomic E-state index is 0.0240. The Morgan fingerprint density at radius 1 is 1.20 bits per heavy atom. The smallest absolute Gasteiger partial charge is 0.335 e. The molecule has 0 saturated heterocycles. The number of benzene rings is 2. The topological polar surface area (TPSA) is 40.5 Å². The predicted molar refractivity (Wildman–Crippen MR) is 76.5 cm³/mol. The van der Waals surface area contributed by atoms with E-state index >= 15 is 0 Å². The van der Waals surface area contributed by atoms with Crippen LogP contribution in [0, 0.1) is 5.82 Å². The van der Waals surface area contributed by atoms with Crippen LogP contribution in [0.4, 0.5) is 10.1 Å². The molecule has 0 aliphatic heterocycles. The van der Waals surface area contributed by atoms with E-state index in [1.54, 1.807) is 0 Å². The lowest BCUT2D eigenvalue weighted by atomic mass is 10.1. The number of nitrogens with zero attached hydrogens (tertiary/aromatic N) is 1. The highest BCUT2D eigenvalue weighted by atomic mass is 19.1. The summed E-state index contributed by atoms with van der Waals surface area (Å²) in [6.45, 7) is 3.23. The van der Waals surface area contributed by atoms with E-state index in [2.05, 4.69) is 4.90 Å². The molecule has 0 bridgehead atoms. The molecule has 3 nitrogen and oxygen atoms in total. The van der Waals surface area contributed by atoms with E-state index in [0.717, 1.165) is 18.3 Å². The van der Waals surface area contributed by atoms with Crippen molar-refractivity contribution in [1.82, 2.24) is 0 Å². The van der Waals surface area contributed by atoms with Crippen molar-refractivity contribution < 1.29 is 14.3 Å². The van der Waals surface area contributed by atoms with Gasteiger partial charge in [0.1, 0.15) is 5.82 Å². The van der Waals surface area contributed by atoms with Crippen LogP contribution in [0.25, 0.3) is 0 Å². The van der Waals surface area contributed by atoms with E-state index in [4.69, 9.17) is 5.11 Å². The number of anilines is 1. The first-order valence-corrected chi connectivity index (χ1v) is 6.43. The van der Waals surface area contributed by atoms with Crippen LogP contribution in [0.1, 0.15) is 22.8 Å². The lowest BCUT2D eigenvalue weighted by Gasteiger charge is -2.23. The van der Waals surface area contributed by atoms with Crippen LogP contribution in [-0.2, 0) is 6.54 Å². The van der Waals surface area contributed by atoms with E-state index in [9.17, 15) is 9.18 Å². The second kappa shape index (κ2) is 6.19. The molecule has 2 aromatic carbocycles. The Kier molecular flexibility index (Phi) is 4.35. The first-order valence-electron chi connectivity index (χ1n) is 6.43. The summed E-state index contributed by atoms with van der Waals surface area (Å²) >= 11 is 0. The van der Waals surface area contributed by atoms with Crippen LogP contribution in [0.5, 0.6) is 0 Å². The zero-order chi connectivity index (χ0) is 14.5. The second-order valence-corrected chi connectivity index (χ2v) is 4.50. The zero-order valence-corrected chi connectivity index (χ0v) is 11.2. The van der Waals surface area contributed by atoms with Crippen LogP contribution < -0.4 is 4.90 Å². The van der Waals surface area contributed by atoms with Crippen molar-refractivity contribution in [3.8, 4) is 0 Å². The van der Waals surface area contributed by atoms with E-state index in [-0.39, 0.29) is 5.56 Å². The van der Waals surface area contributed by atoms with Crippen molar-refractivity contribution in [2.45, 2.75) is 13.5 Å². The number of hydrogen-bond acceptors (Lipinski definition) is 2. The van der Waals surface area contributed by atoms with Gasteiger partial charge in [0.2, 0.25) is 0 Å². The van der Waals surface area contributed by atoms with Crippen molar-refractivity contribution in [1.29, 1.82) is 0 Å². The average molecular weight is 273 g/mol. The van der Waals surface area contributed by atoms with E-state index in [1.807, 2.05) is 37.3 Å². The van der Waals surface area contributed by atoms with Gasteiger partial charge in [-0.15, -0.1) is 0 Å². The molecule has 20 heavy (non-hydrogen) atoms. The largest absolute Gasteiger partial charge is 0.478 e. The molecule has 1 N–H and O–H groups in total. The average Bonchev–Trinajstić information content (AvgIpc) is 2.45. The Morgan fingerprint density at radius 2 is 1.90 bits per heavy atom. The molecule has 0 unspecified atom stereocenters. The molecule has 2 rings (SSSR count). The van der Waals surface area contributed by atoms with E-state index < -0.39 is 11.8 Å². The van der Waals surface area contributed by atoms with Gasteiger partial charge in [-0.2, -0.15) is 0 Å². The van der Waals surface area contributed by atoms with Crippen molar-refractivity contribution >= 4 is 11.7 Å². The Morgan fingerprint density at radius 3 is 2.50 bits per heavy atom. The maximum atomic E-state index is 13.5. The monoisotopic (exact) mass is 273 g/mol. The molecule has 4 heteroatoms. The van der Waals surface area contributed by atoms with Gasteiger partial charge in [-0.25, -0.2) is 9.18 Å². The lowest BCUT2D eigenvalue weighted by Crippen LogP contribution is -2.22. The number of aromatic carboxylic acids is 1. The third-order valence-corrected chi connectivity index (χ3v) is 3.08. The summed E-state index contributed by atoms with van der Waals surface area (Å²) in [5, 5.41) is 8.96. The van der Waals surface area contributed by atoms with Gasteiger partial charge in [-0.1, -0.05) is 18.2 Å². The normalized spacial score (nSPS) is 10.3. The third-order valence-electron chi connectivity index (χ3n) is 3.08. The van der Waals surface area contributed by atoms with Crippen LogP contribution in [0.15, 0.2) is 48.5 Å². The summed E-state index contributed by atoms with van der Waals surface area (Å²) in [7, 11) is 0. The Labute approximate surface area is 117 Å². The number of carbonyl (C=O) groups is 1. The molecule has 0 fully saturated rings. The summed E-state index contributed by atoms with van der Waals surface area (Å²) < 4.78 is 13.5. The van der Waals surface area contributed by atoms with Gasteiger partial charge in [0.25, 0.3) is 0 Å². The standard InChI is InChI=1S/C16H16FNO2/c1-2-18(15-6-4-3-5-7-15)11-12-8-13(16(19)20)10-14(17)9-12/h3-10H,2,11H2,1H3,(H,19,20). The van der Waals surface area contributed by atoms with Gasteiger partial charge in [0.15, 0.2) is 0 Å². The van der Waals surface area contributed by atoms with Gasteiger partial charge >= 0.3 is 5.97 Å². The molecule has 104 valence electrons. The van der Waals surface area contributed by atoms with E-state index in [1.165, 1.54) is 12.1 Å². The van der Waals surface area contributed by atoms with Crippen LogP contribution in [0.2, 0.25) is 0 Å². The lowest BCUT2D eigenvalue weighted by molar-refractivity contribution is 0.0696. The molecule has 0 radical (unpaired) electrons. The summed E-state index contributed by atoms with van der Waals surface area (Å²) in [6.07, 6.45) is 0. The van der Waals surface area contributed by atoms with Crippen molar-refractivity contribution in [2.75, 3.05) is 11.4 Å². The molecule has 0 atom stereocenters.